The number of carbonyl (C=O) groups excluding carboxylic acids is 1. The predicted octanol–water partition coefficient (Wildman–Crippen LogP) is 0.668. The van der Waals surface area contributed by atoms with Gasteiger partial charge in [-0.1, -0.05) is 19.8 Å². The Bertz CT molecular complexity index is 167. The highest BCUT2D eigenvalue weighted by atomic mass is 16.7. The lowest BCUT2D eigenvalue weighted by Gasteiger charge is -2.18. The Morgan fingerprint density at radius 2 is 2.46 bits per heavy atom. The molecule has 1 saturated heterocycles. The number of hydroxylamine groups is 2. The molecule has 1 fully saturated rings. The molecule has 0 radical (unpaired) electrons. The van der Waals surface area contributed by atoms with E-state index in [1.165, 1.54) is 5.06 Å². The van der Waals surface area contributed by atoms with E-state index >= 15 is 0 Å². The lowest BCUT2D eigenvalue weighted by atomic mass is 10.1. The smallest absolute Gasteiger partial charge is 0.263 e. The van der Waals surface area contributed by atoms with Gasteiger partial charge in [-0.25, -0.2) is 5.06 Å². The molecule has 0 bridgehead atoms. The highest BCUT2D eigenvalue weighted by Gasteiger charge is 2.24. The van der Waals surface area contributed by atoms with E-state index in [9.17, 15) is 4.79 Å². The molecule has 0 saturated carbocycles. The van der Waals surface area contributed by atoms with Crippen LogP contribution in [0.15, 0.2) is 0 Å². The summed E-state index contributed by atoms with van der Waals surface area (Å²) in [7, 11) is 0. The van der Waals surface area contributed by atoms with Crippen LogP contribution in [0.1, 0.15) is 32.6 Å². The van der Waals surface area contributed by atoms with Crippen molar-refractivity contribution in [3.63, 3.8) is 0 Å². The van der Waals surface area contributed by atoms with Crippen LogP contribution in [0.2, 0.25) is 0 Å². The van der Waals surface area contributed by atoms with Gasteiger partial charge in [0, 0.05) is 0 Å². The SMILES string of the molecule is CCCC[C@H](N)C(=O)N1CCCO1. The van der Waals surface area contributed by atoms with Gasteiger partial charge in [0.1, 0.15) is 0 Å². The van der Waals surface area contributed by atoms with E-state index in [1.54, 1.807) is 0 Å². The number of unbranched alkanes of at least 4 members (excludes halogenated alkanes) is 1. The molecule has 4 nitrogen and oxygen atoms in total. The van der Waals surface area contributed by atoms with E-state index in [1.807, 2.05) is 0 Å². The lowest BCUT2D eigenvalue weighted by Crippen LogP contribution is -2.41. The minimum atomic E-state index is -0.377. The van der Waals surface area contributed by atoms with Gasteiger partial charge in [-0.15, -0.1) is 0 Å². The Morgan fingerprint density at radius 1 is 1.69 bits per heavy atom. The van der Waals surface area contributed by atoms with Gasteiger partial charge >= 0.3 is 0 Å². The van der Waals surface area contributed by atoms with Crippen LogP contribution in [0.25, 0.3) is 0 Å². The summed E-state index contributed by atoms with van der Waals surface area (Å²) < 4.78 is 0. The first-order chi connectivity index (χ1) is 6.25. The standard InChI is InChI=1S/C9H18N2O2/c1-2-3-5-8(10)9(12)11-6-4-7-13-11/h8H,2-7,10H2,1H3/t8-/m0/s1. The molecule has 1 aliphatic heterocycles. The molecule has 1 amide bonds. The third-order valence-corrected chi connectivity index (χ3v) is 2.18. The van der Waals surface area contributed by atoms with Gasteiger partial charge in [-0.2, -0.15) is 0 Å². The van der Waals surface area contributed by atoms with Crippen LogP contribution < -0.4 is 5.73 Å². The molecule has 1 heterocycles. The summed E-state index contributed by atoms with van der Waals surface area (Å²) in [6, 6.07) is -0.377. The minimum absolute atomic E-state index is 0.0639. The fourth-order valence-corrected chi connectivity index (χ4v) is 1.35. The first kappa shape index (κ1) is 10.5. The molecule has 0 aromatic carbocycles. The van der Waals surface area contributed by atoms with E-state index in [-0.39, 0.29) is 11.9 Å². The van der Waals surface area contributed by atoms with Gasteiger partial charge in [0.2, 0.25) is 0 Å². The van der Waals surface area contributed by atoms with Gasteiger partial charge < -0.3 is 5.73 Å². The van der Waals surface area contributed by atoms with Crippen molar-refractivity contribution in [1.29, 1.82) is 0 Å². The Hall–Kier alpha value is -0.610. The van der Waals surface area contributed by atoms with Gasteiger partial charge in [0.05, 0.1) is 19.2 Å². The van der Waals surface area contributed by atoms with Crippen LogP contribution in [0.5, 0.6) is 0 Å². The summed E-state index contributed by atoms with van der Waals surface area (Å²) in [5, 5.41) is 1.40. The summed E-state index contributed by atoms with van der Waals surface area (Å²) in [4.78, 5) is 16.6. The van der Waals surface area contributed by atoms with Gasteiger partial charge in [-0.3, -0.25) is 9.63 Å². The average Bonchev–Trinajstić information content (AvgIpc) is 2.65. The van der Waals surface area contributed by atoms with Crippen molar-refractivity contribution < 1.29 is 9.63 Å². The van der Waals surface area contributed by atoms with Crippen molar-refractivity contribution >= 4 is 5.91 Å². The number of nitrogens with zero attached hydrogens (tertiary/aromatic N) is 1. The molecule has 0 aromatic heterocycles. The van der Waals surface area contributed by atoms with Crippen LogP contribution in [0.4, 0.5) is 0 Å². The molecule has 0 spiro atoms. The third kappa shape index (κ3) is 2.97. The van der Waals surface area contributed by atoms with E-state index in [0.29, 0.717) is 13.2 Å². The molecule has 1 atom stereocenters. The van der Waals surface area contributed by atoms with Crippen molar-refractivity contribution in [2.75, 3.05) is 13.2 Å². The predicted molar refractivity (Wildman–Crippen MR) is 49.8 cm³/mol. The minimum Gasteiger partial charge on any atom is -0.320 e. The Labute approximate surface area is 79.0 Å². The monoisotopic (exact) mass is 186 g/mol. The number of amides is 1. The number of hydrogen-bond acceptors (Lipinski definition) is 3. The molecule has 0 unspecified atom stereocenters. The number of nitrogens with two attached hydrogens (primary N) is 1. The van der Waals surface area contributed by atoms with E-state index in [0.717, 1.165) is 25.7 Å². The van der Waals surface area contributed by atoms with Crippen LogP contribution in [0, 0.1) is 0 Å². The van der Waals surface area contributed by atoms with Gasteiger partial charge in [0.25, 0.3) is 5.91 Å². The topological polar surface area (TPSA) is 55.6 Å². The molecule has 2 N–H and O–H groups in total. The summed E-state index contributed by atoms with van der Waals surface area (Å²) >= 11 is 0. The Morgan fingerprint density at radius 3 is 3.00 bits per heavy atom. The Kier molecular flexibility index (Phi) is 4.18. The second-order valence-electron chi connectivity index (χ2n) is 3.38. The fourth-order valence-electron chi connectivity index (χ4n) is 1.35. The zero-order valence-corrected chi connectivity index (χ0v) is 8.16. The highest BCUT2D eigenvalue weighted by molar-refractivity contribution is 5.80. The quantitative estimate of drug-likeness (QED) is 0.702. The summed E-state index contributed by atoms with van der Waals surface area (Å²) in [5.74, 6) is -0.0639. The maximum Gasteiger partial charge on any atom is 0.263 e. The molecular formula is C9H18N2O2. The van der Waals surface area contributed by atoms with Gasteiger partial charge in [0.15, 0.2) is 0 Å². The van der Waals surface area contributed by atoms with E-state index in [4.69, 9.17) is 10.6 Å². The van der Waals surface area contributed by atoms with Crippen molar-refractivity contribution in [3.8, 4) is 0 Å². The second-order valence-corrected chi connectivity index (χ2v) is 3.38. The number of rotatable bonds is 4. The molecule has 4 heteroatoms. The molecule has 76 valence electrons. The largest absolute Gasteiger partial charge is 0.320 e. The van der Waals surface area contributed by atoms with Crippen molar-refractivity contribution in [1.82, 2.24) is 5.06 Å². The zero-order chi connectivity index (χ0) is 9.68. The molecule has 1 rings (SSSR count). The maximum atomic E-state index is 11.5. The van der Waals surface area contributed by atoms with Crippen molar-refractivity contribution in [3.05, 3.63) is 0 Å². The summed E-state index contributed by atoms with van der Waals surface area (Å²) in [6.07, 6.45) is 3.75. The first-order valence-electron chi connectivity index (χ1n) is 4.95. The van der Waals surface area contributed by atoms with Gasteiger partial charge in [-0.05, 0) is 12.8 Å². The molecule has 0 aliphatic carbocycles. The van der Waals surface area contributed by atoms with Crippen LogP contribution in [0.3, 0.4) is 0 Å². The van der Waals surface area contributed by atoms with Crippen molar-refractivity contribution in [2.24, 2.45) is 5.73 Å². The van der Waals surface area contributed by atoms with E-state index in [2.05, 4.69) is 6.92 Å². The molecule has 1 aliphatic rings. The first-order valence-corrected chi connectivity index (χ1v) is 4.95. The van der Waals surface area contributed by atoms with E-state index < -0.39 is 0 Å². The zero-order valence-electron chi connectivity index (χ0n) is 8.16. The lowest BCUT2D eigenvalue weighted by molar-refractivity contribution is -0.170. The normalized spacial score (nSPS) is 19.1. The average molecular weight is 186 g/mol. The maximum absolute atomic E-state index is 11.5. The summed E-state index contributed by atoms with van der Waals surface area (Å²) in [6.45, 7) is 3.43. The second kappa shape index (κ2) is 5.19. The molecular weight excluding hydrogens is 168 g/mol. The number of hydrogen-bond donors (Lipinski definition) is 1. The number of carbonyl (C=O) groups is 1. The van der Waals surface area contributed by atoms with Crippen LogP contribution >= 0.6 is 0 Å². The molecule has 13 heavy (non-hydrogen) atoms. The van der Waals surface area contributed by atoms with Crippen LogP contribution in [-0.2, 0) is 9.63 Å². The van der Waals surface area contributed by atoms with Crippen molar-refractivity contribution in [2.45, 2.75) is 38.6 Å². The summed E-state index contributed by atoms with van der Waals surface area (Å²) in [5.41, 5.74) is 5.71. The third-order valence-electron chi connectivity index (χ3n) is 2.18. The molecule has 0 aromatic rings. The Balaban J connectivity index is 2.28. The van der Waals surface area contributed by atoms with Crippen LogP contribution in [-0.4, -0.2) is 30.2 Å². The fraction of sp³-hybridized carbons (Fsp3) is 0.889. The highest BCUT2D eigenvalue weighted by Crippen LogP contribution is 2.08.